The zero-order valence-corrected chi connectivity index (χ0v) is 18.1. The highest BCUT2D eigenvalue weighted by molar-refractivity contribution is 5.78. The first kappa shape index (κ1) is 20.2. The van der Waals surface area contributed by atoms with E-state index in [4.69, 9.17) is 15.2 Å². The Bertz CT molecular complexity index is 1280. The van der Waals surface area contributed by atoms with Crippen molar-refractivity contribution in [2.45, 2.75) is 26.3 Å². The Morgan fingerprint density at radius 3 is 2.69 bits per heavy atom. The van der Waals surface area contributed by atoms with Gasteiger partial charge >= 0.3 is 0 Å². The second kappa shape index (κ2) is 7.15. The fourth-order valence-electron chi connectivity index (χ4n) is 3.95. The van der Waals surface area contributed by atoms with E-state index >= 15 is 0 Å². The minimum Gasteiger partial charge on any atom is -0.462 e. The number of aromatic nitrogens is 2. The Morgan fingerprint density at radius 1 is 1.12 bits per heavy atom. The first-order valence-electron chi connectivity index (χ1n) is 10.4. The molecule has 3 aromatic rings. The van der Waals surface area contributed by atoms with Crippen LogP contribution in [-0.2, 0) is 10.3 Å². The number of ether oxygens (including phenoxy) is 2. The molecule has 2 aliphatic heterocycles. The largest absolute Gasteiger partial charge is 0.462 e. The smallest absolute Gasteiger partial charge is 0.283 e. The van der Waals surface area contributed by atoms with Gasteiger partial charge in [-0.1, -0.05) is 39.0 Å². The van der Waals surface area contributed by atoms with Crippen LogP contribution in [0.5, 0.6) is 11.6 Å². The van der Waals surface area contributed by atoms with Crippen molar-refractivity contribution in [1.29, 1.82) is 0 Å². The Labute approximate surface area is 185 Å². The number of nitrogens with two attached hydrogens (primary N) is 1. The zero-order valence-electron chi connectivity index (χ0n) is 18.1. The van der Waals surface area contributed by atoms with E-state index in [1.165, 1.54) is 6.20 Å². The summed E-state index contributed by atoms with van der Waals surface area (Å²) in [7, 11) is 0. The van der Waals surface area contributed by atoms with Gasteiger partial charge in [0.15, 0.2) is 5.54 Å². The number of nitrogens with zero attached hydrogens (tertiary/aromatic N) is 3. The lowest BCUT2D eigenvalue weighted by molar-refractivity contribution is 0.262. The summed E-state index contributed by atoms with van der Waals surface area (Å²) in [5.41, 5.74) is 8.53. The van der Waals surface area contributed by atoms with E-state index in [0.717, 1.165) is 16.7 Å². The molecule has 0 radical (unpaired) electrons. The molecule has 2 aliphatic rings. The maximum Gasteiger partial charge on any atom is 0.283 e. The normalized spacial score (nSPS) is 19.3. The SMILES string of the molecule is CC(C)(C)/C=C/c1cnc2c(c1)[C@]1(COC(N)=N1)c1cc(-c3cccnc3F)ccc1O2. The Kier molecular flexibility index (Phi) is 4.51. The molecule has 0 unspecified atom stereocenters. The summed E-state index contributed by atoms with van der Waals surface area (Å²) < 4.78 is 26.1. The lowest BCUT2D eigenvalue weighted by Gasteiger charge is -2.33. The third-order valence-corrected chi connectivity index (χ3v) is 5.53. The summed E-state index contributed by atoms with van der Waals surface area (Å²) in [6, 6.07) is 10.9. The second-order valence-electron chi connectivity index (χ2n) is 9.07. The van der Waals surface area contributed by atoms with Crippen molar-refractivity contribution >= 4 is 12.1 Å². The molecule has 4 heterocycles. The van der Waals surface area contributed by atoms with E-state index < -0.39 is 11.5 Å². The van der Waals surface area contributed by atoms with E-state index in [-0.39, 0.29) is 18.0 Å². The third kappa shape index (κ3) is 3.39. The molecule has 2 N–H and O–H groups in total. The van der Waals surface area contributed by atoms with Crippen LogP contribution in [0.4, 0.5) is 4.39 Å². The summed E-state index contributed by atoms with van der Waals surface area (Å²) in [5.74, 6) is 0.492. The van der Waals surface area contributed by atoms with E-state index in [1.54, 1.807) is 30.5 Å². The minimum absolute atomic E-state index is 0.0262. The topological polar surface area (TPSA) is 82.6 Å². The number of fused-ring (bicyclic) bond motifs is 4. The highest BCUT2D eigenvalue weighted by atomic mass is 19.1. The molecule has 0 bridgehead atoms. The van der Waals surface area contributed by atoms with Crippen molar-refractivity contribution < 1.29 is 13.9 Å². The van der Waals surface area contributed by atoms with Gasteiger partial charge in [0.25, 0.3) is 6.02 Å². The fraction of sp³-hybridized carbons (Fsp3) is 0.240. The highest BCUT2D eigenvalue weighted by Crippen LogP contribution is 2.51. The van der Waals surface area contributed by atoms with Crippen LogP contribution in [0.15, 0.2) is 59.9 Å². The lowest BCUT2D eigenvalue weighted by atomic mass is 9.81. The number of amidine groups is 1. The summed E-state index contributed by atoms with van der Waals surface area (Å²) in [5, 5.41) is 0. The van der Waals surface area contributed by atoms with Crippen LogP contribution in [0, 0.1) is 11.4 Å². The Morgan fingerprint density at radius 2 is 1.97 bits per heavy atom. The van der Waals surface area contributed by atoms with Crippen molar-refractivity contribution in [3.8, 4) is 22.8 Å². The van der Waals surface area contributed by atoms with Crippen LogP contribution >= 0.6 is 0 Å². The van der Waals surface area contributed by atoms with E-state index in [0.29, 0.717) is 22.8 Å². The predicted molar refractivity (Wildman–Crippen MR) is 121 cm³/mol. The van der Waals surface area contributed by atoms with Crippen LogP contribution in [0.1, 0.15) is 37.5 Å². The summed E-state index contributed by atoms with van der Waals surface area (Å²) in [6.45, 7) is 6.59. The number of benzene rings is 1. The minimum atomic E-state index is -0.930. The summed E-state index contributed by atoms with van der Waals surface area (Å²) in [6.07, 6.45) is 7.34. The first-order chi connectivity index (χ1) is 15.2. The number of rotatable bonds is 2. The van der Waals surface area contributed by atoms with Gasteiger partial charge in [-0.15, -0.1) is 0 Å². The van der Waals surface area contributed by atoms with Gasteiger partial charge in [0.2, 0.25) is 11.8 Å². The van der Waals surface area contributed by atoms with Gasteiger partial charge in [-0.3, -0.25) is 0 Å². The molecule has 6 nitrogen and oxygen atoms in total. The van der Waals surface area contributed by atoms with Crippen molar-refractivity contribution in [1.82, 2.24) is 9.97 Å². The predicted octanol–water partition coefficient (Wildman–Crippen LogP) is 5.04. The Balaban J connectivity index is 1.68. The number of hydrogen-bond donors (Lipinski definition) is 1. The number of aliphatic imine (C=N–C) groups is 1. The number of allylic oxidation sites excluding steroid dienone is 1. The van der Waals surface area contributed by atoms with Crippen molar-refractivity contribution in [3.63, 3.8) is 0 Å². The van der Waals surface area contributed by atoms with Gasteiger partial charge < -0.3 is 15.2 Å². The van der Waals surface area contributed by atoms with Crippen LogP contribution in [-0.4, -0.2) is 22.6 Å². The second-order valence-corrected chi connectivity index (χ2v) is 9.07. The van der Waals surface area contributed by atoms with Gasteiger partial charge in [-0.25, -0.2) is 15.0 Å². The van der Waals surface area contributed by atoms with Gasteiger partial charge in [0.05, 0.1) is 5.56 Å². The van der Waals surface area contributed by atoms with Gasteiger partial charge in [-0.2, -0.15) is 4.39 Å². The van der Waals surface area contributed by atoms with E-state index in [1.807, 2.05) is 18.2 Å². The molecule has 7 heteroatoms. The average molecular weight is 430 g/mol. The molecule has 0 amide bonds. The third-order valence-electron chi connectivity index (χ3n) is 5.53. The molecule has 5 rings (SSSR count). The molecule has 0 fully saturated rings. The molecule has 0 saturated carbocycles. The molecular weight excluding hydrogens is 407 g/mol. The molecule has 32 heavy (non-hydrogen) atoms. The quantitative estimate of drug-likeness (QED) is 0.576. The Hall–Kier alpha value is -3.74. The van der Waals surface area contributed by atoms with Crippen LogP contribution in [0.3, 0.4) is 0 Å². The monoisotopic (exact) mass is 430 g/mol. The molecule has 2 aromatic heterocycles. The molecular formula is C25H23FN4O2. The summed E-state index contributed by atoms with van der Waals surface area (Å²) >= 11 is 0. The standard InChI is InChI=1S/C25H23FN4O2/c1-24(2,3)9-8-15-11-19-22(29-13-15)32-20-7-6-16(17-5-4-10-28-21(17)26)12-18(20)25(19)14-31-23(27)30-25/h4-13H,14H2,1-3H3,(H2,27,30)/b9-8+/t25-/m0/s1. The molecule has 0 saturated heterocycles. The first-order valence-corrected chi connectivity index (χ1v) is 10.4. The van der Waals surface area contributed by atoms with Crippen molar-refractivity contribution in [2.75, 3.05) is 6.61 Å². The number of pyridine rings is 2. The van der Waals surface area contributed by atoms with Gasteiger partial charge in [0, 0.05) is 23.5 Å². The lowest BCUT2D eigenvalue weighted by Crippen LogP contribution is -2.31. The van der Waals surface area contributed by atoms with Crippen molar-refractivity contribution in [2.24, 2.45) is 16.1 Å². The van der Waals surface area contributed by atoms with Crippen LogP contribution in [0.2, 0.25) is 0 Å². The van der Waals surface area contributed by atoms with Gasteiger partial charge in [-0.05, 0) is 46.9 Å². The van der Waals surface area contributed by atoms with Crippen molar-refractivity contribution in [3.05, 3.63) is 77.5 Å². The van der Waals surface area contributed by atoms with Gasteiger partial charge in [0.1, 0.15) is 12.4 Å². The van der Waals surface area contributed by atoms with E-state index in [9.17, 15) is 4.39 Å². The summed E-state index contributed by atoms with van der Waals surface area (Å²) in [4.78, 5) is 13.0. The zero-order chi connectivity index (χ0) is 22.5. The molecule has 0 aliphatic carbocycles. The highest BCUT2D eigenvalue weighted by Gasteiger charge is 2.47. The number of halogens is 1. The average Bonchev–Trinajstić information content (AvgIpc) is 3.15. The number of hydrogen-bond acceptors (Lipinski definition) is 6. The molecule has 1 spiro atoms. The maximum absolute atomic E-state index is 14.4. The maximum atomic E-state index is 14.4. The fourth-order valence-corrected chi connectivity index (χ4v) is 3.95. The molecule has 1 atom stereocenters. The molecule has 1 aromatic carbocycles. The van der Waals surface area contributed by atoms with E-state index in [2.05, 4.69) is 41.8 Å². The molecule has 162 valence electrons. The van der Waals surface area contributed by atoms with Crippen LogP contribution in [0.25, 0.3) is 17.2 Å². The van der Waals surface area contributed by atoms with Crippen LogP contribution < -0.4 is 10.5 Å².